The molecule has 2 heterocycles. The van der Waals surface area contributed by atoms with Gasteiger partial charge in [0.2, 0.25) is 5.91 Å². The lowest BCUT2D eigenvalue weighted by molar-refractivity contribution is -0.119. The highest BCUT2D eigenvalue weighted by molar-refractivity contribution is 7.99. The predicted octanol–water partition coefficient (Wildman–Crippen LogP) is 4.34. The Kier molecular flexibility index (Phi) is 3.62. The van der Waals surface area contributed by atoms with Crippen LogP contribution in [0.2, 0.25) is 5.02 Å². The van der Waals surface area contributed by atoms with E-state index in [1.165, 1.54) is 17.1 Å². The summed E-state index contributed by atoms with van der Waals surface area (Å²) < 4.78 is 13.1. The van der Waals surface area contributed by atoms with E-state index in [0.717, 1.165) is 21.9 Å². The highest BCUT2D eigenvalue weighted by Crippen LogP contribution is 2.38. The van der Waals surface area contributed by atoms with Crippen LogP contribution in [-0.2, 0) is 4.79 Å². The number of benzene rings is 2. The Balaban J connectivity index is 1.81. The van der Waals surface area contributed by atoms with Crippen LogP contribution in [0, 0.1) is 11.7 Å². The van der Waals surface area contributed by atoms with Crippen molar-refractivity contribution in [3.05, 3.63) is 58.9 Å². The molecule has 3 nitrogen and oxygen atoms in total. The van der Waals surface area contributed by atoms with Gasteiger partial charge in [0, 0.05) is 33.6 Å². The van der Waals surface area contributed by atoms with Gasteiger partial charge in [-0.1, -0.05) is 11.6 Å². The maximum Gasteiger partial charge on any atom is 0.248 e. The summed E-state index contributed by atoms with van der Waals surface area (Å²) in [6.45, 7) is 0. The van der Waals surface area contributed by atoms with Crippen LogP contribution in [-0.4, -0.2) is 17.4 Å². The van der Waals surface area contributed by atoms with E-state index >= 15 is 0 Å². The maximum atomic E-state index is 13.1. The lowest BCUT2D eigenvalue weighted by Gasteiger charge is -2.33. The fraction of sp³-hybridized carbons (Fsp3) is 0.176. The van der Waals surface area contributed by atoms with E-state index in [2.05, 4.69) is 5.10 Å². The van der Waals surface area contributed by atoms with E-state index in [4.69, 9.17) is 11.6 Å². The molecule has 0 bridgehead atoms. The number of hydrogen-bond donors (Lipinski definition) is 0. The van der Waals surface area contributed by atoms with Crippen molar-refractivity contribution >= 4 is 40.7 Å². The highest BCUT2D eigenvalue weighted by Gasteiger charge is 2.35. The number of hydrazone groups is 1. The van der Waals surface area contributed by atoms with Gasteiger partial charge in [-0.05, 0) is 42.5 Å². The lowest BCUT2D eigenvalue weighted by Crippen LogP contribution is -2.39. The molecular weight excluding hydrogens is 335 g/mol. The summed E-state index contributed by atoms with van der Waals surface area (Å²) in [5.74, 6) is 0.512. The number of anilines is 1. The minimum atomic E-state index is -0.338. The Morgan fingerprint density at radius 1 is 1.22 bits per heavy atom. The number of fused-ring (bicyclic) bond motifs is 3. The second-order valence-corrected chi connectivity index (χ2v) is 7.02. The number of hydrogen-bond acceptors (Lipinski definition) is 3. The van der Waals surface area contributed by atoms with Crippen molar-refractivity contribution in [1.82, 2.24) is 0 Å². The van der Waals surface area contributed by atoms with Crippen LogP contribution in [0.4, 0.5) is 10.1 Å². The molecule has 0 saturated heterocycles. The van der Waals surface area contributed by atoms with Gasteiger partial charge in [-0.15, -0.1) is 11.8 Å². The van der Waals surface area contributed by atoms with Crippen molar-refractivity contribution in [2.45, 2.75) is 11.3 Å². The number of nitrogens with zero attached hydrogens (tertiary/aromatic N) is 2. The predicted molar refractivity (Wildman–Crippen MR) is 90.7 cm³/mol. The molecule has 1 atom stereocenters. The number of amides is 1. The van der Waals surface area contributed by atoms with Crippen molar-refractivity contribution < 1.29 is 9.18 Å². The smallest absolute Gasteiger partial charge is 0.248 e. The molecule has 1 amide bonds. The van der Waals surface area contributed by atoms with Crippen LogP contribution in [0.15, 0.2) is 52.5 Å². The molecule has 0 aliphatic carbocycles. The second kappa shape index (κ2) is 5.65. The molecule has 2 aliphatic heterocycles. The van der Waals surface area contributed by atoms with Crippen molar-refractivity contribution in [3.63, 3.8) is 0 Å². The maximum absolute atomic E-state index is 13.1. The molecule has 0 aromatic heterocycles. The van der Waals surface area contributed by atoms with Gasteiger partial charge in [-0.25, -0.2) is 9.40 Å². The standard InChI is InChI=1S/C17H12ClFN2OS/c18-11-1-6-15-14(8-11)17-10(9-23-15)7-16(22)21(20-17)13-4-2-12(19)3-5-13/h1-6,8,10H,7,9H2. The van der Waals surface area contributed by atoms with Crippen molar-refractivity contribution in [2.24, 2.45) is 11.0 Å². The topological polar surface area (TPSA) is 32.7 Å². The van der Waals surface area contributed by atoms with Crippen LogP contribution in [0.1, 0.15) is 12.0 Å². The monoisotopic (exact) mass is 346 g/mol. The SMILES string of the molecule is O=C1CC2CSc3ccc(Cl)cc3C2=NN1c1ccc(F)cc1. The van der Waals surface area contributed by atoms with Gasteiger partial charge in [0.05, 0.1) is 11.4 Å². The van der Waals surface area contributed by atoms with Crippen LogP contribution in [0.25, 0.3) is 0 Å². The zero-order chi connectivity index (χ0) is 16.0. The first-order valence-electron chi connectivity index (χ1n) is 7.21. The fourth-order valence-electron chi connectivity index (χ4n) is 2.85. The van der Waals surface area contributed by atoms with E-state index in [0.29, 0.717) is 17.1 Å². The second-order valence-electron chi connectivity index (χ2n) is 5.52. The number of rotatable bonds is 1. The molecule has 1 unspecified atom stereocenters. The first-order valence-corrected chi connectivity index (χ1v) is 8.58. The Labute approximate surface area is 142 Å². The molecule has 0 saturated carbocycles. The third-order valence-electron chi connectivity index (χ3n) is 3.98. The number of halogens is 2. The molecule has 0 radical (unpaired) electrons. The van der Waals surface area contributed by atoms with Crippen LogP contribution in [0.3, 0.4) is 0 Å². The molecule has 2 aromatic carbocycles. The van der Waals surface area contributed by atoms with Gasteiger partial charge in [0.25, 0.3) is 0 Å². The summed E-state index contributed by atoms with van der Waals surface area (Å²) >= 11 is 7.85. The zero-order valence-electron chi connectivity index (χ0n) is 12.0. The Hall–Kier alpha value is -1.85. The minimum absolute atomic E-state index is 0.0727. The number of thioether (sulfide) groups is 1. The van der Waals surface area contributed by atoms with Crippen molar-refractivity contribution in [3.8, 4) is 0 Å². The van der Waals surface area contributed by atoms with E-state index < -0.39 is 0 Å². The largest absolute Gasteiger partial charge is 0.273 e. The van der Waals surface area contributed by atoms with E-state index in [9.17, 15) is 9.18 Å². The molecule has 0 spiro atoms. The first-order chi connectivity index (χ1) is 11.1. The van der Waals surface area contributed by atoms with Gasteiger partial charge in [-0.2, -0.15) is 5.10 Å². The van der Waals surface area contributed by atoms with Crippen LogP contribution in [0.5, 0.6) is 0 Å². The first kappa shape index (κ1) is 14.7. The van der Waals surface area contributed by atoms with E-state index in [-0.39, 0.29) is 17.6 Å². The summed E-state index contributed by atoms with van der Waals surface area (Å²) in [6.07, 6.45) is 0.398. The van der Waals surface area contributed by atoms with Gasteiger partial charge in [0.1, 0.15) is 5.82 Å². The minimum Gasteiger partial charge on any atom is -0.273 e. The third-order valence-corrected chi connectivity index (χ3v) is 5.45. The normalized spacial score (nSPS) is 19.9. The molecule has 2 aromatic rings. The molecular formula is C17H12ClFN2OS. The Morgan fingerprint density at radius 3 is 2.78 bits per heavy atom. The molecule has 23 heavy (non-hydrogen) atoms. The van der Waals surface area contributed by atoms with E-state index in [1.54, 1.807) is 23.9 Å². The Bertz CT molecular complexity index is 822. The highest BCUT2D eigenvalue weighted by atomic mass is 35.5. The summed E-state index contributed by atoms with van der Waals surface area (Å²) in [5, 5.41) is 6.59. The average Bonchev–Trinajstić information content (AvgIpc) is 2.55. The fourth-order valence-corrected chi connectivity index (χ4v) is 4.17. The number of carbonyl (C=O) groups excluding carboxylic acids is 1. The quantitative estimate of drug-likeness (QED) is 0.769. The third kappa shape index (κ3) is 2.64. The summed E-state index contributed by atoms with van der Waals surface area (Å²) in [7, 11) is 0. The number of carbonyl (C=O) groups is 1. The van der Waals surface area contributed by atoms with Crippen molar-refractivity contribution in [2.75, 3.05) is 10.8 Å². The summed E-state index contributed by atoms with van der Waals surface area (Å²) in [6, 6.07) is 11.5. The molecule has 116 valence electrons. The van der Waals surface area contributed by atoms with Gasteiger partial charge in [0.15, 0.2) is 0 Å². The van der Waals surface area contributed by atoms with Crippen molar-refractivity contribution in [1.29, 1.82) is 0 Å². The molecule has 6 heteroatoms. The molecule has 4 rings (SSSR count). The van der Waals surface area contributed by atoms with Gasteiger partial charge in [-0.3, -0.25) is 4.79 Å². The lowest BCUT2D eigenvalue weighted by atomic mass is 9.93. The average molecular weight is 347 g/mol. The van der Waals surface area contributed by atoms with Gasteiger partial charge >= 0.3 is 0 Å². The van der Waals surface area contributed by atoms with Gasteiger partial charge < -0.3 is 0 Å². The molecule has 0 N–H and O–H groups in total. The molecule has 0 fully saturated rings. The molecule has 2 aliphatic rings. The van der Waals surface area contributed by atoms with Crippen LogP contribution < -0.4 is 5.01 Å². The van der Waals surface area contributed by atoms with Crippen LogP contribution >= 0.6 is 23.4 Å². The zero-order valence-corrected chi connectivity index (χ0v) is 13.6. The van der Waals surface area contributed by atoms with E-state index in [1.807, 2.05) is 18.2 Å². The summed E-state index contributed by atoms with van der Waals surface area (Å²) in [4.78, 5) is 13.5. The summed E-state index contributed by atoms with van der Waals surface area (Å²) in [5.41, 5.74) is 2.44. The Morgan fingerprint density at radius 2 is 2.00 bits per heavy atom.